The van der Waals surface area contributed by atoms with Crippen LogP contribution in [-0.4, -0.2) is 24.8 Å². The average molecular weight is 303 g/mol. The molecule has 0 aromatic carbocycles. The summed E-state index contributed by atoms with van der Waals surface area (Å²) in [6, 6.07) is 0.281. The van der Waals surface area contributed by atoms with Gasteiger partial charge in [-0.15, -0.1) is 0 Å². The Labute approximate surface area is 132 Å². The Morgan fingerprint density at radius 1 is 1.05 bits per heavy atom. The maximum absolute atomic E-state index is 11.2. The van der Waals surface area contributed by atoms with Crippen LogP contribution in [0.1, 0.15) is 80.1 Å². The lowest BCUT2D eigenvalue weighted by Gasteiger charge is -2.07. The van der Waals surface area contributed by atoms with Crippen molar-refractivity contribution in [3.8, 4) is 0 Å². The van der Waals surface area contributed by atoms with Gasteiger partial charge in [-0.1, -0.05) is 53.4 Å². The third kappa shape index (κ3) is 38.1. The molecular formula is C17H38N2O2. The van der Waals surface area contributed by atoms with Gasteiger partial charge in [0.15, 0.2) is 0 Å². The number of carbonyl (C=O) groups excluding carboxylic acids is 2. The molecule has 0 spiro atoms. The molecule has 1 amide bonds. The van der Waals surface area contributed by atoms with Gasteiger partial charge in [-0.25, -0.2) is 0 Å². The molecular weight excluding hydrogens is 264 g/mol. The number of amides is 1. The molecule has 0 aromatic heterocycles. The molecule has 0 bridgehead atoms. The van der Waals surface area contributed by atoms with E-state index in [1.807, 2.05) is 34.6 Å². The van der Waals surface area contributed by atoms with Gasteiger partial charge in [0.05, 0.1) is 0 Å². The number of nitrogens with one attached hydrogen (secondary N) is 1. The van der Waals surface area contributed by atoms with Crippen LogP contribution in [0.15, 0.2) is 0 Å². The molecule has 0 aliphatic carbocycles. The molecule has 0 aliphatic heterocycles. The summed E-state index contributed by atoms with van der Waals surface area (Å²) in [6.07, 6.45) is 7.68. The fourth-order valence-corrected chi connectivity index (χ4v) is 1.28. The van der Waals surface area contributed by atoms with Gasteiger partial charge in [-0.3, -0.25) is 4.79 Å². The topological polar surface area (TPSA) is 72.2 Å². The van der Waals surface area contributed by atoms with Crippen LogP contribution >= 0.6 is 0 Å². The van der Waals surface area contributed by atoms with Crippen molar-refractivity contribution < 1.29 is 9.59 Å². The molecule has 0 saturated carbocycles. The van der Waals surface area contributed by atoms with E-state index >= 15 is 0 Å². The number of rotatable bonds is 8. The SMILES string of the molecule is CC(C)C=O.CCCCCCCC(=O)NC(C)C.CCN. The standard InChI is InChI=1S/C11H23NO.C4H8O.C2H7N/c1-4-5-6-7-8-9-11(13)12-10(2)3;1-4(2)3-5;1-2-3/h10H,4-9H2,1-3H3,(H,12,13);3-4H,1-2H3;2-3H2,1H3. The van der Waals surface area contributed by atoms with Gasteiger partial charge >= 0.3 is 0 Å². The molecule has 0 atom stereocenters. The largest absolute Gasteiger partial charge is 0.354 e. The quantitative estimate of drug-likeness (QED) is 0.530. The fraction of sp³-hybridized carbons (Fsp3) is 0.882. The van der Waals surface area contributed by atoms with Gasteiger partial charge in [0.2, 0.25) is 5.91 Å². The zero-order valence-electron chi connectivity index (χ0n) is 15.1. The average Bonchev–Trinajstić information content (AvgIpc) is 2.39. The third-order valence-corrected chi connectivity index (χ3v) is 2.23. The highest BCUT2D eigenvalue weighted by atomic mass is 16.1. The Morgan fingerprint density at radius 3 is 1.81 bits per heavy atom. The predicted octanol–water partition coefficient (Wildman–Crippen LogP) is 3.68. The maximum Gasteiger partial charge on any atom is 0.220 e. The molecule has 3 N–H and O–H groups in total. The van der Waals surface area contributed by atoms with Gasteiger partial charge in [-0.2, -0.15) is 0 Å². The third-order valence-electron chi connectivity index (χ3n) is 2.23. The first kappa shape index (κ1) is 25.1. The Bertz CT molecular complexity index is 217. The normalized spacial score (nSPS) is 9.38. The van der Waals surface area contributed by atoms with Gasteiger partial charge in [0.25, 0.3) is 0 Å². The highest BCUT2D eigenvalue weighted by molar-refractivity contribution is 5.76. The molecule has 4 heteroatoms. The Hall–Kier alpha value is -0.900. The number of carbonyl (C=O) groups is 2. The van der Waals surface area contributed by atoms with Crippen molar-refractivity contribution in [3.05, 3.63) is 0 Å². The van der Waals surface area contributed by atoms with Gasteiger partial charge < -0.3 is 15.8 Å². The van der Waals surface area contributed by atoms with Gasteiger partial charge in [-0.05, 0) is 26.8 Å². The molecule has 0 radical (unpaired) electrons. The van der Waals surface area contributed by atoms with Crippen LogP contribution in [0.5, 0.6) is 0 Å². The molecule has 0 saturated heterocycles. The van der Waals surface area contributed by atoms with E-state index in [4.69, 9.17) is 5.73 Å². The first-order chi connectivity index (χ1) is 9.85. The van der Waals surface area contributed by atoms with Crippen molar-refractivity contribution in [3.63, 3.8) is 0 Å². The van der Waals surface area contributed by atoms with E-state index in [1.165, 1.54) is 25.7 Å². The smallest absolute Gasteiger partial charge is 0.220 e. The van der Waals surface area contributed by atoms with Gasteiger partial charge in [0.1, 0.15) is 6.29 Å². The summed E-state index contributed by atoms with van der Waals surface area (Å²) >= 11 is 0. The molecule has 0 aromatic rings. The lowest BCUT2D eigenvalue weighted by Crippen LogP contribution is -2.29. The lowest BCUT2D eigenvalue weighted by molar-refractivity contribution is -0.121. The van der Waals surface area contributed by atoms with E-state index in [-0.39, 0.29) is 17.9 Å². The highest BCUT2D eigenvalue weighted by Gasteiger charge is 2.01. The summed E-state index contributed by atoms with van der Waals surface area (Å²) in [5, 5.41) is 2.89. The van der Waals surface area contributed by atoms with Crippen LogP contribution < -0.4 is 11.1 Å². The Morgan fingerprint density at radius 2 is 1.48 bits per heavy atom. The summed E-state index contributed by atoms with van der Waals surface area (Å²) in [7, 11) is 0. The highest BCUT2D eigenvalue weighted by Crippen LogP contribution is 2.04. The summed E-state index contributed by atoms with van der Waals surface area (Å²) in [4.78, 5) is 20.7. The second-order valence-electron chi connectivity index (χ2n) is 5.67. The van der Waals surface area contributed by atoms with Crippen molar-refractivity contribution in [2.24, 2.45) is 11.7 Å². The minimum atomic E-state index is 0.200. The number of aldehydes is 1. The molecule has 0 unspecified atom stereocenters. The van der Waals surface area contributed by atoms with Crippen LogP contribution in [0.3, 0.4) is 0 Å². The summed E-state index contributed by atoms with van der Waals surface area (Å²) in [5.74, 6) is 0.404. The van der Waals surface area contributed by atoms with Crippen molar-refractivity contribution >= 4 is 12.2 Å². The predicted molar refractivity (Wildman–Crippen MR) is 92.3 cm³/mol. The monoisotopic (exact) mass is 302 g/mol. The molecule has 0 aliphatic rings. The van der Waals surface area contributed by atoms with E-state index in [1.54, 1.807) is 0 Å². The van der Waals surface area contributed by atoms with E-state index in [2.05, 4.69) is 12.2 Å². The minimum Gasteiger partial charge on any atom is -0.354 e. The number of unbranched alkanes of at least 4 members (excludes halogenated alkanes) is 4. The van der Waals surface area contributed by atoms with Crippen LogP contribution in [0.25, 0.3) is 0 Å². The maximum atomic E-state index is 11.2. The minimum absolute atomic E-state index is 0.200. The van der Waals surface area contributed by atoms with E-state index in [0.717, 1.165) is 19.3 Å². The fourth-order valence-electron chi connectivity index (χ4n) is 1.28. The van der Waals surface area contributed by atoms with Crippen LogP contribution in [-0.2, 0) is 9.59 Å². The summed E-state index contributed by atoms with van der Waals surface area (Å²) in [5.41, 5.74) is 4.85. The molecule has 128 valence electrons. The van der Waals surface area contributed by atoms with Crippen molar-refractivity contribution in [1.29, 1.82) is 0 Å². The second-order valence-corrected chi connectivity index (χ2v) is 5.67. The number of hydrogen-bond donors (Lipinski definition) is 2. The van der Waals surface area contributed by atoms with E-state index in [9.17, 15) is 9.59 Å². The number of nitrogens with two attached hydrogens (primary N) is 1. The molecule has 0 fully saturated rings. The molecule has 4 nitrogen and oxygen atoms in total. The van der Waals surface area contributed by atoms with Crippen LogP contribution in [0, 0.1) is 5.92 Å². The van der Waals surface area contributed by atoms with Crippen molar-refractivity contribution in [1.82, 2.24) is 5.32 Å². The van der Waals surface area contributed by atoms with Crippen LogP contribution in [0.4, 0.5) is 0 Å². The summed E-state index contributed by atoms with van der Waals surface area (Å²) in [6.45, 7) is 12.6. The zero-order valence-corrected chi connectivity index (χ0v) is 15.1. The lowest BCUT2D eigenvalue weighted by atomic mass is 10.1. The van der Waals surface area contributed by atoms with E-state index in [0.29, 0.717) is 6.42 Å². The Balaban J connectivity index is -0.000000335. The van der Waals surface area contributed by atoms with E-state index < -0.39 is 0 Å². The second kappa shape index (κ2) is 21.4. The molecule has 21 heavy (non-hydrogen) atoms. The molecule has 0 heterocycles. The van der Waals surface area contributed by atoms with Crippen LogP contribution in [0.2, 0.25) is 0 Å². The molecule has 0 rings (SSSR count). The first-order valence-electron chi connectivity index (χ1n) is 8.30. The first-order valence-corrected chi connectivity index (χ1v) is 8.30. The zero-order chi connectivity index (χ0) is 17.1. The van der Waals surface area contributed by atoms with Crippen molar-refractivity contribution in [2.45, 2.75) is 86.1 Å². The number of hydrogen-bond acceptors (Lipinski definition) is 3. The summed E-state index contributed by atoms with van der Waals surface area (Å²) < 4.78 is 0. The van der Waals surface area contributed by atoms with Crippen molar-refractivity contribution in [2.75, 3.05) is 6.54 Å². The Kier molecular flexibility index (Phi) is 25.6. The van der Waals surface area contributed by atoms with Gasteiger partial charge in [0, 0.05) is 18.4 Å².